The van der Waals surface area contributed by atoms with E-state index in [2.05, 4.69) is 10.3 Å². The fraction of sp³-hybridized carbons (Fsp3) is 0.167. The van der Waals surface area contributed by atoms with E-state index in [-0.39, 0.29) is 17.7 Å². The predicted molar refractivity (Wildman–Crippen MR) is 115 cm³/mol. The fourth-order valence-electron chi connectivity index (χ4n) is 4.24. The van der Waals surface area contributed by atoms with Crippen LogP contribution in [0, 0.1) is 0 Å². The SMILES string of the molecule is O=C(/C=C/c1c[nH]c2ccccc12)/C=C1/Nc2ccccc2C(=O)N2CCC[C@@H]12. The molecule has 2 aliphatic rings. The van der Waals surface area contributed by atoms with Gasteiger partial charge < -0.3 is 15.2 Å². The molecule has 0 unspecified atom stereocenters. The van der Waals surface area contributed by atoms with Crippen molar-refractivity contribution in [3.05, 3.63) is 83.7 Å². The van der Waals surface area contributed by atoms with Crippen LogP contribution in [0.1, 0.15) is 28.8 Å². The summed E-state index contributed by atoms with van der Waals surface area (Å²) in [6, 6.07) is 15.4. The first-order valence-corrected chi connectivity index (χ1v) is 9.87. The van der Waals surface area contributed by atoms with Gasteiger partial charge in [0, 0.05) is 35.4 Å². The minimum Gasteiger partial charge on any atom is -0.361 e. The number of fused-ring (bicyclic) bond motifs is 3. The van der Waals surface area contributed by atoms with Gasteiger partial charge in [0.25, 0.3) is 5.91 Å². The Morgan fingerprint density at radius 1 is 1.10 bits per heavy atom. The van der Waals surface area contributed by atoms with Gasteiger partial charge in [0.2, 0.25) is 0 Å². The lowest BCUT2D eigenvalue weighted by Gasteiger charge is -2.23. The number of para-hydroxylation sites is 2. The number of hydrogen-bond acceptors (Lipinski definition) is 3. The highest BCUT2D eigenvalue weighted by molar-refractivity contribution is 6.06. The molecule has 2 aliphatic heterocycles. The summed E-state index contributed by atoms with van der Waals surface area (Å²) in [4.78, 5) is 30.7. The Bertz CT molecular complexity index is 1170. The number of carbonyl (C=O) groups excluding carboxylic acids is 2. The zero-order chi connectivity index (χ0) is 19.8. The monoisotopic (exact) mass is 383 g/mol. The van der Waals surface area contributed by atoms with E-state index in [1.165, 1.54) is 0 Å². The van der Waals surface area contributed by atoms with Crippen molar-refractivity contribution in [2.24, 2.45) is 0 Å². The smallest absolute Gasteiger partial charge is 0.256 e. The van der Waals surface area contributed by atoms with E-state index in [0.717, 1.165) is 47.2 Å². The first-order chi connectivity index (χ1) is 14.2. The molecular formula is C24H21N3O2. The number of aromatic amines is 1. The van der Waals surface area contributed by atoms with Gasteiger partial charge in [-0.25, -0.2) is 0 Å². The van der Waals surface area contributed by atoms with E-state index in [9.17, 15) is 9.59 Å². The van der Waals surface area contributed by atoms with E-state index in [4.69, 9.17) is 0 Å². The van der Waals surface area contributed by atoms with Crippen LogP contribution in [0.4, 0.5) is 5.69 Å². The third-order valence-corrected chi connectivity index (χ3v) is 5.66. The summed E-state index contributed by atoms with van der Waals surface area (Å²) in [5, 5.41) is 4.43. The number of nitrogens with zero attached hydrogens (tertiary/aromatic N) is 1. The van der Waals surface area contributed by atoms with Gasteiger partial charge in [-0.1, -0.05) is 30.3 Å². The highest BCUT2D eigenvalue weighted by Gasteiger charge is 2.36. The molecule has 0 aliphatic carbocycles. The van der Waals surface area contributed by atoms with Crippen molar-refractivity contribution in [3.63, 3.8) is 0 Å². The molecule has 5 rings (SSSR count). The second-order valence-corrected chi connectivity index (χ2v) is 7.45. The number of allylic oxidation sites excluding steroid dienone is 2. The maximum absolute atomic E-state index is 12.9. The molecule has 1 atom stereocenters. The number of hydrogen-bond donors (Lipinski definition) is 2. The third-order valence-electron chi connectivity index (χ3n) is 5.66. The molecule has 2 N–H and O–H groups in total. The average Bonchev–Trinajstić information content (AvgIpc) is 3.37. The summed E-state index contributed by atoms with van der Waals surface area (Å²) in [5.41, 5.74) is 4.22. The van der Waals surface area contributed by atoms with Gasteiger partial charge in [-0.05, 0) is 48.8 Å². The minimum absolute atomic E-state index is 0.0285. The number of amides is 1. The number of carbonyl (C=O) groups is 2. The van der Waals surface area contributed by atoms with Crippen molar-refractivity contribution in [2.75, 3.05) is 11.9 Å². The predicted octanol–water partition coefficient (Wildman–Crippen LogP) is 4.36. The van der Waals surface area contributed by atoms with Gasteiger partial charge in [0.1, 0.15) is 0 Å². The summed E-state index contributed by atoms with van der Waals surface area (Å²) in [5.74, 6) is -0.0720. The Balaban J connectivity index is 1.45. The van der Waals surface area contributed by atoms with Crippen LogP contribution in [0.25, 0.3) is 17.0 Å². The quantitative estimate of drug-likeness (QED) is 0.661. The second-order valence-electron chi connectivity index (χ2n) is 7.45. The van der Waals surface area contributed by atoms with Crippen LogP contribution in [0.3, 0.4) is 0 Å². The molecule has 29 heavy (non-hydrogen) atoms. The molecule has 5 heteroatoms. The number of aromatic nitrogens is 1. The van der Waals surface area contributed by atoms with E-state index in [1.54, 1.807) is 12.2 Å². The molecule has 144 valence electrons. The standard InChI is InChI=1S/C24H21N3O2/c28-17(12-11-16-15-25-20-8-3-1-6-18(16)20)14-22-23-10-5-13-27(23)24(29)19-7-2-4-9-21(19)26-22/h1-4,6-9,11-12,14-15,23,25-26H,5,10,13H2/b12-11+,22-14+/t23-/m0/s1. The third kappa shape index (κ3) is 3.14. The van der Waals surface area contributed by atoms with Gasteiger partial charge in [-0.2, -0.15) is 0 Å². The van der Waals surface area contributed by atoms with Crippen LogP contribution in [-0.2, 0) is 4.79 Å². The van der Waals surface area contributed by atoms with Crippen LogP contribution in [0.15, 0.2) is 72.6 Å². The number of nitrogens with one attached hydrogen (secondary N) is 2. The highest BCUT2D eigenvalue weighted by atomic mass is 16.2. The van der Waals surface area contributed by atoms with Crippen LogP contribution >= 0.6 is 0 Å². The van der Waals surface area contributed by atoms with Crippen molar-refractivity contribution in [3.8, 4) is 0 Å². The van der Waals surface area contributed by atoms with Crippen LogP contribution in [-0.4, -0.2) is 34.2 Å². The van der Waals surface area contributed by atoms with E-state index < -0.39 is 0 Å². The molecule has 1 fully saturated rings. The highest BCUT2D eigenvalue weighted by Crippen LogP contribution is 2.32. The molecule has 0 bridgehead atoms. The Hall–Kier alpha value is -3.60. The van der Waals surface area contributed by atoms with Crippen molar-refractivity contribution >= 4 is 34.4 Å². The summed E-state index contributed by atoms with van der Waals surface area (Å²) >= 11 is 0. The zero-order valence-corrected chi connectivity index (χ0v) is 15.9. The molecule has 3 heterocycles. The fourth-order valence-corrected chi connectivity index (χ4v) is 4.24. The van der Waals surface area contributed by atoms with Crippen molar-refractivity contribution in [1.82, 2.24) is 9.88 Å². The first kappa shape index (κ1) is 17.5. The maximum atomic E-state index is 12.9. The summed E-state index contributed by atoms with van der Waals surface area (Å²) in [7, 11) is 0. The van der Waals surface area contributed by atoms with Crippen molar-refractivity contribution < 1.29 is 9.59 Å². The normalized spacial score (nSPS) is 20.0. The van der Waals surface area contributed by atoms with Crippen molar-refractivity contribution in [2.45, 2.75) is 18.9 Å². The Morgan fingerprint density at radius 3 is 2.86 bits per heavy atom. The van der Waals surface area contributed by atoms with Gasteiger partial charge in [-0.3, -0.25) is 9.59 Å². The minimum atomic E-state index is -0.100. The zero-order valence-electron chi connectivity index (χ0n) is 15.9. The Labute approximate surface area is 168 Å². The van der Waals surface area contributed by atoms with Crippen molar-refractivity contribution in [1.29, 1.82) is 0 Å². The van der Waals surface area contributed by atoms with Crippen LogP contribution in [0.5, 0.6) is 0 Å². The summed E-state index contributed by atoms with van der Waals surface area (Å²) in [6.07, 6.45) is 8.75. The molecule has 1 amide bonds. The molecule has 3 aromatic rings. The molecule has 1 saturated heterocycles. The van der Waals surface area contributed by atoms with Crippen LogP contribution in [0.2, 0.25) is 0 Å². The first-order valence-electron chi connectivity index (χ1n) is 9.87. The maximum Gasteiger partial charge on any atom is 0.256 e. The number of benzene rings is 2. The average molecular weight is 383 g/mol. The van der Waals surface area contributed by atoms with Crippen LogP contribution < -0.4 is 5.32 Å². The van der Waals surface area contributed by atoms with Gasteiger partial charge in [-0.15, -0.1) is 0 Å². The molecule has 1 aromatic heterocycles. The lowest BCUT2D eigenvalue weighted by atomic mass is 10.1. The second kappa shape index (κ2) is 7.09. The molecule has 0 saturated carbocycles. The summed E-state index contributed by atoms with van der Waals surface area (Å²) in [6.45, 7) is 0.718. The van der Waals surface area contributed by atoms with E-state index in [0.29, 0.717) is 5.56 Å². The largest absolute Gasteiger partial charge is 0.361 e. The topological polar surface area (TPSA) is 65.2 Å². The lowest BCUT2D eigenvalue weighted by Crippen LogP contribution is -2.36. The lowest BCUT2D eigenvalue weighted by molar-refractivity contribution is -0.110. The van der Waals surface area contributed by atoms with Gasteiger partial charge in [0.15, 0.2) is 5.78 Å². The van der Waals surface area contributed by atoms with Gasteiger partial charge >= 0.3 is 0 Å². The Morgan fingerprint density at radius 2 is 1.93 bits per heavy atom. The Kier molecular flexibility index (Phi) is 4.28. The molecule has 0 radical (unpaired) electrons. The number of anilines is 1. The van der Waals surface area contributed by atoms with E-state index in [1.807, 2.05) is 65.7 Å². The van der Waals surface area contributed by atoms with Gasteiger partial charge in [0.05, 0.1) is 17.3 Å². The molecule has 5 nitrogen and oxygen atoms in total. The number of rotatable bonds is 3. The number of ketones is 1. The van der Waals surface area contributed by atoms with E-state index >= 15 is 0 Å². The molecular weight excluding hydrogens is 362 g/mol. The molecule has 2 aromatic carbocycles. The number of H-pyrrole nitrogens is 1. The molecule has 0 spiro atoms. The summed E-state index contributed by atoms with van der Waals surface area (Å²) < 4.78 is 0.